The Kier molecular flexibility index (Phi) is 9.80. The first-order valence-electron chi connectivity index (χ1n) is 27.1. The smallest absolute Gasteiger partial charge is 0.143 e. The van der Waals surface area contributed by atoms with Crippen LogP contribution in [-0.2, 0) is 10.8 Å². The summed E-state index contributed by atoms with van der Waals surface area (Å²) >= 11 is 0. The Morgan fingerprint density at radius 2 is 0.744 bits per heavy atom. The van der Waals surface area contributed by atoms with Crippen LogP contribution in [0.2, 0.25) is 0 Å². The summed E-state index contributed by atoms with van der Waals surface area (Å²) < 4.78 is 7.19. The number of rotatable bonds is 8. The third kappa shape index (κ3) is 6.26. The van der Waals surface area contributed by atoms with E-state index in [-0.39, 0.29) is 0 Å². The molecule has 0 bridgehead atoms. The van der Waals surface area contributed by atoms with Gasteiger partial charge >= 0.3 is 0 Å². The zero-order chi connectivity index (χ0) is 51.4. The number of nitrogens with zero attached hydrogens (tertiary/aromatic N) is 1. The van der Waals surface area contributed by atoms with Crippen molar-refractivity contribution in [3.63, 3.8) is 0 Å². The Hall–Kier alpha value is -10.0. The van der Waals surface area contributed by atoms with Gasteiger partial charge in [-0.25, -0.2) is 0 Å². The van der Waals surface area contributed by atoms with E-state index in [2.05, 4.69) is 302 Å². The largest absolute Gasteiger partial charge is 0.455 e. The SMILES string of the molecule is c1ccc(C2(c3ccccc3)c3ccccc3-c3ccc(N(c4ccc5c(c4)C(c4ccccc4)(c4ccccc4)c4ccccc4-5)c4cccc5oc6c7ccccc7c(-c7ccc8ccccc8c7)cc6c45)cc32)cc1. The first-order valence-corrected chi connectivity index (χ1v) is 27.1. The summed E-state index contributed by atoms with van der Waals surface area (Å²) in [6, 6.07) is 110. The van der Waals surface area contributed by atoms with E-state index in [1.807, 2.05) is 0 Å². The Balaban J connectivity index is 1.02. The van der Waals surface area contributed by atoms with Gasteiger partial charge in [-0.3, -0.25) is 0 Å². The van der Waals surface area contributed by atoms with Gasteiger partial charge in [0.25, 0.3) is 0 Å². The summed E-state index contributed by atoms with van der Waals surface area (Å²) in [5.41, 5.74) is 20.9. The van der Waals surface area contributed by atoms with E-state index in [1.54, 1.807) is 0 Å². The molecule has 2 aliphatic carbocycles. The summed E-state index contributed by atoms with van der Waals surface area (Å²) in [4.78, 5) is 2.52. The molecule has 2 aliphatic rings. The molecule has 13 aromatic carbocycles. The normalized spacial score (nSPS) is 13.6. The van der Waals surface area contributed by atoms with Crippen LogP contribution in [0.15, 0.2) is 302 Å². The molecule has 0 spiro atoms. The Labute approximate surface area is 453 Å². The summed E-state index contributed by atoms with van der Waals surface area (Å²) in [5, 5.41) is 6.81. The maximum Gasteiger partial charge on any atom is 0.143 e. The fraction of sp³-hybridized carbons (Fsp3) is 0.0263. The zero-order valence-electron chi connectivity index (χ0n) is 42.6. The Morgan fingerprint density at radius 1 is 0.282 bits per heavy atom. The number of hydrogen-bond donors (Lipinski definition) is 0. The minimum absolute atomic E-state index is 0.604. The van der Waals surface area contributed by atoms with Crippen molar-refractivity contribution in [1.82, 2.24) is 0 Å². The van der Waals surface area contributed by atoms with Gasteiger partial charge in [0.2, 0.25) is 0 Å². The van der Waals surface area contributed by atoms with Crippen LogP contribution in [-0.4, -0.2) is 0 Å². The summed E-state index contributed by atoms with van der Waals surface area (Å²) in [6.45, 7) is 0. The average Bonchev–Trinajstić information content (AvgIpc) is 3.69. The maximum absolute atomic E-state index is 7.19. The summed E-state index contributed by atoms with van der Waals surface area (Å²) in [6.07, 6.45) is 0. The molecule has 0 aliphatic heterocycles. The molecule has 0 N–H and O–H groups in total. The highest BCUT2D eigenvalue weighted by atomic mass is 16.3. The van der Waals surface area contributed by atoms with E-state index in [4.69, 9.17) is 4.42 Å². The average molecular weight is 992 g/mol. The second-order valence-electron chi connectivity index (χ2n) is 21.0. The van der Waals surface area contributed by atoms with Crippen molar-refractivity contribution in [2.24, 2.45) is 0 Å². The van der Waals surface area contributed by atoms with Crippen molar-refractivity contribution in [2.75, 3.05) is 4.90 Å². The number of furan rings is 1. The van der Waals surface area contributed by atoms with Crippen molar-refractivity contribution in [2.45, 2.75) is 10.8 Å². The van der Waals surface area contributed by atoms with Gasteiger partial charge in [-0.05, 0) is 143 Å². The molecule has 1 heterocycles. The molecular formula is C76H49NO. The molecule has 0 saturated heterocycles. The molecule has 0 atom stereocenters. The van der Waals surface area contributed by atoms with Crippen LogP contribution in [0.25, 0.3) is 76.9 Å². The molecule has 2 nitrogen and oxygen atoms in total. The van der Waals surface area contributed by atoms with Crippen LogP contribution < -0.4 is 4.90 Å². The van der Waals surface area contributed by atoms with E-state index in [0.717, 1.165) is 49.8 Å². The standard InChI is InChI=1S/C76H49NO/c1-5-24-53(25-6-1)75(54-26-7-2-8-27-54)67-36-19-17-33-60(67)62-44-42-57(47-69(62)75)77(58-43-45-63-61-34-18-20-37-68(61)76(70(63)48-58,55-28-9-3-10-29-55)56-30-11-4-12-31-56)71-38-21-39-72-73(71)66-49-65(59-32-15-16-35-64(59)74(66)78-72)52-41-40-50-22-13-14-23-51(50)46-52/h1-49H. The Bertz CT molecular complexity index is 4410. The van der Waals surface area contributed by atoms with Crippen LogP contribution in [0.3, 0.4) is 0 Å². The Morgan fingerprint density at radius 3 is 1.29 bits per heavy atom. The van der Waals surface area contributed by atoms with Crippen molar-refractivity contribution in [3.8, 4) is 33.4 Å². The molecule has 0 unspecified atom stereocenters. The molecule has 1 aromatic heterocycles. The minimum Gasteiger partial charge on any atom is -0.455 e. The van der Waals surface area contributed by atoms with Gasteiger partial charge in [-0.1, -0.05) is 249 Å². The topological polar surface area (TPSA) is 16.4 Å². The third-order valence-corrected chi connectivity index (χ3v) is 17.2. The van der Waals surface area contributed by atoms with Crippen LogP contribution in [0, 0.1) is 0 Å². The molecule has 364 valence electrons. The lowest BCUT2D eigenvalue weighted by Crippen LogP contribution is -2.29. The fourth-order valence-electron chi connectivity index (χ4n) is 14.0. The fourth-order valence-corrected chi connectivity index (χ4v) is 14.0. The number of anilines is 3. The summed E-state index contributed by atoms with van der Waals surface area (Å²) in [5.74, 6) is 0. The highest BCUT2D eigenvalue weighted by Crippen LogP contribution is 2.60. The second kappa shape index (κ2) is 17.3. The van der Waals surface area contributed by atoms with E-state index < -0.39 is 10.8 Å². The monoisotopic (exact) mass is 991 g/mol. The minimum atomic E-state index is -0.604. The van der Waals surface area contributed by atoms with Crippen molar-refractivity contribution >= 4 is 60.5 Å². The highest BCUT2D eigenvalue weighted by Gasteiger charge is 2.48. The van der Waals surface area contributed by atoms with Gasteiger partial charge in [0.15, 0.2) is 0 Å². The van der Waals surface area contributed by atoms with E-state index in [1.165, 1.54) is 88.7 Å². The van der Waals surface area contributed by atoms with Crippen molar-refractivity contribution < 1.29 is 4.42 Å². The first kappa shape index (κ1) is 44.3. The molecule has 14 aromatic rings. The molecule has 0 amide bonds. The second-order valence-corrected chi connectivity index (χ2v) is 21.0. The molecular weight excluding hydrogens is 943 g/mol. The molecule has 16 rings (SSSR count). The van der Waals surface area contributed by atoms with Gasteiger partial charge in [0.1, 0.15) is 11.2 Å². The molecule has 78 heavy (non-hydrogen) atoms. The van der Waals surface area contributed by atoms with E-state index in [9.17, 15) is 0 Å². The quantitative estimate of drug-likeness (QED) is 0.151. The lowest BCUT2D eigenvalue weighted by atomic mass is 9.67. The van der Waals surface area contributed by atoms with Crippen LogP contribution >= 0.6 is 0 Å². The number of hydrogen-bond acceptors (Lipinski definition) is 2. The lowest BCUT2D eigenvalue weighted by Gasteiger charge is -2.36. The zero-order valence-corrected chi connectivity index (χ0v) is 42.6. The lowest BCUT2D eigenvalue weighted by molar-refractivity contribution is 0.672. The van der Waals surface area contributed by atoms with Gasteiger partial charge in [-0.15, -0.1) is 0 Å². The predicted molar refractivity (Wildman–Crippen MR) is 323 cm³/mol. The number of fused-ring (bicyclic) bond motifs is 12. The number of benzene rings is 13. The van der Waals surface area contributed by atoms with Crippen LogP contribution in [0.4, 0.5) is 17.1 Å². The van der Waals surface area contributed by atoms with Gasteiger partial charge in [-0.2, -0.15) is 0 Å². The van der Waals surface area contributed by atoms with Crippen molar-refractivity contribution in [3.05, 3.63) is 342 Å². The third-order valence-electron chi connectivity index (χ3n) is 17.2. The molecule has 0 saturated carbocycles. The van der Waals surface area contributed by atoms with Crippen LogP contribution in [0.5, 0.6) is 0 Å². The molecule has 2 heteroatoms. The first-order chi connectivity index (χ1) is 38.7. The maximum atomic E-state index is 7.19. The highest BCUT2D eigenvalue weighted by molar-refractivity contribution is 6.23. The van der Waals surface area contributed by atoms with E-state index in [0.29, 0.717) is 0 Å². The molecule has 0 fully saturated rings. The van der Waals surface area contributed by atoms with Gasteiger partial charge < -0.3 is 9.32 Å². The van der Waals surface area contributed by atoms with E-state index >= 15 is 0 Å². The van der Waals surface area contributed by atoms with Crippen molar-refractivity contribution in [1.29, 1.82) is 0 Å². The van der Waals surface area contributed by atoms with Gasteiger partial charge in [0.05, 0.1) is 21.9 Å². The van der Waals surface area contributed by atoms with Gasteiger partial charge in [0, 0.05) is 22.1 Å². The predicted octanol–water partition coefficient (Wildman–Crippen LogP) is 19.8. The van der Waals surface area contributed by atoms with Crippen LogP contribution in [0.1, 0.15) is 44.5 Å². The summed E-state index contributed by atoms with van der Waals surface area (Å²) in [7, 11) is 0. The molecule has 0 radical (unpaired) electrons.